The predicted octanol–water partition coefficient (Wildman–Crippen LogP) is 4.31. The summed E-state index contributed by atoms with van der Waals surface area (Å²) in [7, 11) is 0. The van der Waals surface area contributed by atoms with E-state index in [4.69, 9.17) is 9.97 Å². The molecule has 0 saturated carbocycles. The summed E-state index contributed by atoms with van der Waals surface area (Å²) < 4.78 is 0. The molecule has 0 bridgehead atoms. The molecule has 1 aromatic heterocycles. The molecule has 2 aromatic rings. The fourth-order valence-electron chi connectivity index (χ4n) is 3.82. The van der Waals surface area contributed by atoms with E-state index < -0.39 is 5.92 Å². The third-order valence-electron chi connectivity index (χ3n) is 5.48. The first-order valence-electron chi connectivity index (χ1n) is 10.9. The van der Waals surface area contributed by atoms with Gasteiger partial charge in [0.05, 0.1) is 17.1 Å². The van der Waals surface area contributed by atoms with Gasteiger partial charge in [0.1, 0.15) is 5.69 Å². The molecule has 1 unspecified atom stereocenters. The van der Waals surface area contributed by atoms with Crippen molar-refractivity contribution in [1.29, 1.82) is 5.26 Å². The lowest BCUT2D eigenvalue weighted by Crippen LogP contribution is -2.33. The Morgan fingerprint density at radius 1 is 1.10 bits per heavy atom. The summed E-state index contributed by atoms with van der Waals surface area (Å²) in [6, 6.07) is 9.85. The molecule has 1 atom stereocenters. The zero-order chi connectivity index (χ0) is 20.5. The Morgan fingerprint density at radius 3 is 2.45 bits per heavy atom. The topological polar surface area (TPSA) is 81.9 Å². The van der Waals surface area contributed by atoms with Gasteiger partial charge >= 0.3 is 0 Å². The Morgan fingerprint density at radius 2 is 1.79 bits per heavy atom. The van der Waals surface area contributed by atoms with E-state index in [0.29, 0.717) is 18.1 Å². The molecule has 0 spiro atoms. The van der Waals surface area contributed by atoms with Gasteiger partial charge in [-0.2, -0.15) is 5.26 Å². The van der Waals surface area contributed by atoms with Crippen LogP contribution >= 0.6 is 0 Å². The summed E-state index contributed by atoms with van der Waals surface area (Å²) in [5.74, 6) is -0.528. The van der Waals surface area contributed by atoms with Gasteiger partial charge in [0.15, 0.2) is 11.7 Å². The Labute approximate surface area is 173 Å². The zero-order valence-corrected chi connectivity index (χ0v) is 17.4. The van der Waals surface area contributed by atoms with Crippen molar-refractivity contribution < 1.29 is 4.79 Å². The van der Waals surface area contributed by atoms with Gasteiger partial charge in [-0.3, -0.25) is 4.79 Å². The number of unbranched alkanes of at least 4 members (excludes halogenated alkanes) is 3. The van der Waals surface area contributed by atoms with E-state index in [1.807, 2.05) is 24.3 Å². The maximum atomic E-state index is 12.8. The standard InChI is InChI=1S/C23H31N5O/c1-2-3-4-9-14-25-23(29)18(17-24)21-22(28-15-10-5-6-11-16-28)27-20-13-8-7-12-19(20)26-21/h7-8,12-13,18H,2-6,9-11,14-16H2,1H3,(H,25,29). The number of hydrogen-bond donors (Lipinski definition) is 1. The Bertz CT molecular complexity index is 852. The smallest absolute Gasteiger partial charge is 0.243 e. The van der Waals surface area contributed by atoms with Crippen molar-refractivity contribution in [3.8, 4) is 6.07 Å². The van der Waals surface area contributed by atoms with Crippen LogP contribution in [0.2, 0.25) is 0 Å². The molecule has 6 nitrogen and oxygen atoms in total. The van der Waals surface area contributed by atoms with Crippen molar-refractivity contribution in [2.45, 2.75) is 64.2 Å². The molecule has 1 N–H and O–H groups in total. The third-order valence-corrected chi connectivity index (χ3v) is 5.48. The average molecular weight is 394 g/mol. The number of amides is 1. The van der Waals surface area contributed by atoms with Gasteiger partial charge in [0, 0.05) is 19.6 Å². The lowest BCUT2D eigenvalue weighted by Gasteiger charge is -2.25. The highest BCUT2D eigenvalue weighted by molar-refractivity contribution is 5.88. The number of nitriles is 1. The van der Waals surface area contributed by atoms with Gasteiger partial charge in [-0.05, 0) is 31.4 Å². The second kappa shape index (κ2) is 10.8. The number of hydrogen-bond acceptors (Lipinski definition) is 5. The molecule has 0 aliphatic carbocycles. The highest BCUT2D eigenvalue weighted by atomic mass is 16.1. The van der Waals surface area contributed by atoms with Crippen molar-refractivity contribution in [3.05, 3.63) is 30.0 Å². The van der Waals surface area contributed by atoms with E-state index >= 15 is 0 Å². The number of aromatic nitrogens is 2. The monoisotopic (exact) mass is 393 g/mol. The molecule has 1 aliphatic rings. The lowest BCUT2D eigenvalue weighted by molar-refractivity contribution is -0.121. The fourth-order valence-corrected chi connectivity index (χ4v) is 3.82. The van der Waals surface area contributed by atoms with Crippen LogP contribution < -0.4 is 10.2 Å². The molecule has 1 aromatic carbocycles. The van der Waals surface area contributed by atoms with E-state index in [0.717, 1.165) is 62.6 Å². The molecule has 1 fully saturated rings. The number of fused-ring (bicyclic) bond motifs is 1. The van der Waals surface area contributed by atoms with Crippen molar-refractivity contribution in [2.75, 3.05) is 24.5 Å². The van der Waals surface area contributed by atoms with Crippen LogP contribution in [0.5, 0.6) is 0 Å². The molecule has 0 radical (unpaired) electrons. The summed E-state index contributed by atoms with van der Waals surface area (Å²) in [4.78, 5) is 24.6. The van der Waals surface area contributed by atoms with Crippen LogP contribution in [-0.2, 0) is 4.79 Å². The SMILES string of the molecule is CCCCCCNC(=O)C(C#N)c1nc2ccccc2nc1N1CCCCCC1. The van der Waals surface area contributed by atoms with Crippen LogP contribution in [0.25, 0.3) is 11.0 Å². The van der Waals surface area contributed by atoms with Crippen molar-refractivity contribution in [1.82, 2.24) is 15.3 Å². The van der Waals surface area contributed by atoms with E-state index in [-0.39, 0.29) is 5.91 Å². The maximum Gasteiger partial charge on any atom is 0.243 e. The van der Waals surface area contributed by atoms with Gasteiger partial charge in [-0.25, -0.2) is 9.97 Å². The third kappa shape index (κ3) is 5.44. The lowest BCUT2D eigenvalue weighted by atomic mass is 10.0. The molecule has 1 amide bonds. The summed E-state index contributed by atoms with van der Waals surface area (Å²) in [5.41, 5.74) is 2.00. The second-order valence-electron chi connectivity index (χ2n) is 7.74. The molecule has 3 rings (SSSR count). The fraction of sp³-hybridized carbons (Fsp3) is 0.565. The van der Waals surface area contributed by atoms with Crippen LogP contribution in [0.3, 0.4) is 0 Å². The van der Waals surface area contributed by atoms with Gasteiger partial charge in [0.2, 0.25) is 5.91 Å². The van der Waals surface area contributed by atoms with Crippen LogP contribution in [0.15, 0.2) is 24.3 Å². The molecule has 154 valence electrons. The first-order valence-corrected chi connectivity index (χ1v) is 10.9. The minimum Gasteiger partial charge on any atom is -0.355 e. The molecule has 1 aliphatic heterocycles. The number of benzene rings is 1. The van der Waals surface area contributed by atoms with Crippen LogP contribution in [0.4, 0.5) is 5.82 Å². The van der Waals surface area contributed by atoms with E-state index in [1.54, 1.807) is 0 Å². The number of para-hydroxylation sites is 2. The van der Waals surface area contributed by atoms with Crippen LogP contribution in [0.1, 0.15) is 69.9 Å². The quantitative estimate of drug-likeness (QED) is 0.676. The normalized spacial score (nSPS) is 15.5. The largest absolute Gasteiger partial charge is 0.355 e. The molecular formula is C23H31N5O. The molecule has 2 heterocycles. The minimum atomic E-state index is -0.948. The number of carbonyl (C=O) groups excluding carboxylic acids is 1. The number of anilines is 1. The number of carbonyl (C=O) groups is 1. The van der Waals surface area contributed by atoms with Crippen molar-refractivity contribution >= 4 is 22.8 Å². The maximum absolute atomic E-state index is 12.8. The average Bonchev–Trinajstić information content (AvgIpc) is 3.03. The van der Waals surface area contributed by atoms with Crippen molar-refractivity contribution in [2.24, 2.45) is 0 Å². The Kier molecular flexibility index (Phi) is 7.80. The minimum absolute atomic E-state index is 0.273. The van der Waals surface area contributed by atoms with Crippen LogP contribution in [-0.4, -0.2) is 35.5 Å². The first-order chi connectivity index (χ1) is 14.2. The van der Waals surface area contributed by atoms with Crippen molar-refractivity contribution in [3.63, 3.8) is 0 Å². The number of nitrogens with one attached hydrogen (secondary N) is 1. The van der Waals surface area contributed by atoms with Crippen LogP contribution in [0, 0.1) is 11.3 Å². The summed E-state index contributed by atoms with van der Waals surface area (Å²) in [5, 5.41) is 12.8. The molecule has 1 saturated heterocycles. The Hall–Kier alpha value is -2.68. The first kappa shape index (κ1) is 21.0. The molecule has 6 heteroatoms. The highest BCUT2D eigenvalue weighted by Crippen LogP contribution is 2.29. The van der Waals surface area contributed by atoms with E-state index in [9.17, 15) is 10.1 Å². The predicted molar refractivity (Wildman–Crippen MR) is 116 cm³/mol. The second-order valence-corrected chi connectivity index (χ2v) is 7.74. The van der Waals surface area contributed by atoms with E-state index in [1.165, 1.54) is 12.8 Å². The highest BCUT2D eigenvalue weighted by Gasteiger charge is 2.28. The Balaban J connectivity index is 1.88. The van der Waals surface area contributed by atoms with Gasteiger partial charge in [-0.1, -0.05) is 51.2 Å². The number of rotatable bonds is 8. The summed E-state index contributed by atoms with van der Waals surface area (Å²) in [6.07, 6.45) is 8.92. The van der Waals surface area contributed by atoms with Gasteiger partial charge < -0.3 is 10.2 Å². The van der Waals surface area contributed by atoms with Gasteiger partial charge in [0.25, 0.3) is 0 Å². The molecular weight excluding hydrogens is 362 g/mol. The summed E-state index contributed by atoms with van der Waals surface area (Å²) >= 11 is 0. The summed E-state index contributed by atoms with van der Waals surface area (Å²) in [6.45, 7) is 4.53. The van der Waals surface area contributed by atoms with Gasteiger partial charge in [-0.15, -0.1) is 0 Å². The number of nitrogens with zero attached hydrogens (tertiary/aromatic N) is 4. The van der Waals surface area contributed by atoms with E-state index in [2.05, 4.69) is 23.2 Å². The zero-order valence-electron chi connectivity index (χ0n) is 17.4. The molecule has 29 heavy (non-hydrogen) atoms.